The van der Waals surface area contributed by atoms with Gasteiger partial charge in [0.2, 0.25) is 0 Å². The van der Waals surface area contributed by atoms with E-state index in [0.29, 0.717) is 6.04 Å². The average Bonchev–Trinajstić information content (AvgIpc) is 3.04. The number of thiazole rings is 1. The van der Waals surface area contributed by atoms with Gasteiger partial charge in [0.1, 0.15) is 5.01 Å². The number of rotatable bonds is 5. The van der Waals surface area contributed by atoms with E-state index in [1.807, 2.05) is 11.3 Å². The van der Waals surface area contributed by atoms with Gasteiger partial charge in [-0.15, -0.1) is 22.7 Å². The Morgan fingerprint density at radius 3 is 2.70 bits per heavy atom. The van der Waals surface area contributed by atoms with Gasteiger partial charge in [0.05, 0.1) is 16.3 Å². The molecule has 1 unspecified atom stereocenters. The predicted molar refractivity (Wildman–Crippen MR) is 88.8 cm³/mol. The van der Waals surface area contributed by atoms with E-state index in [4.69, 9.17) is 4.98 Å². The summed E-state index contributed by atoms with van der Waals surface area (Å²) in [5.74, 6) is 0. The number of nitrogens with one attached hydrogen (secondary N) is 1. The van der Waals surface area contributed by atoms with Gasteiger partial charge in [0.15, 0.2) is 0 Å². The van der Waals surface area contributed by atoms with Crippen molar-refractivity contribution in [1.29, 1.82) is 0 Å². The third-order valence-corrected chi connectivity index (χ3v) is 5.43. The first kappa shape index (κ1) is 13.7. The molecule has 3 aromatic rings. The molecule has 1 aromatic carbocycles. The summed E-state index contributed by atoms with van der Waals surface area (Å²) in [6, 6.07) is 13.1. The quantitative estimate of drug-likeness (QED) is 0.747. The molecule has 4 heteroatoms. The van der Waals surface area contributed by atoms with Gasteiger partial charge in [-0.2, -0.15) is 0 Å². The summed E-state index contributed by atoms with van der Waals surface area (Å²) in [7, 11) is 0. The van der Waals surface area contributed by atoms with Crippen LogP contribution in [0.1, 0.15) is 27.7 Å². The normalized spacial score (nSPS) is 12.9. The number of hydrogen-bond acceptors (Lipinski definition) is 4. The number of para-hydroxylation sites is 1. The Labute approximate surface area is 127 Å². The highest BCUT2D eigenvalue weighted by molar-refractivity contribution is 7.18. The summed E-state index contributed by atoms with van der Waals surface area (Å²) >= 11 is 3.68. The molecule has 2 heterocycles. The van der Waals surface area contributed by atoms with Crippen molar-refractivity contribution in [3.05, 3.63) is 51.2 Å². The van der Waals surface area contributed by atoms with E-state index in [1.54, 1.807) is 11.3 Å². The minimum absolute atomic E-state index is 0.315. The summed E-state index contributed by atoms with van der Waals surface area (Å²) < 4.78 is 1.27. The van der Waals surface area contributed by atoms with Crippen LogP contribution in [0, 0.1) is 6.92 Å². The highest BCUT2D eigenvalue weighted by atomic mass is 32.1. The number of likely N-dealkylation sites (N-methyl/N-ethyl adjacent to an activating group) is 1. The second-order valence-corrected chi connectivity index (χ2v) is 7.28. The lowest BCUT2D eigenvalue weighted by Crippen LogP contribution is -2.22. The van der Waals surface area contributed by atoms with E-state index in [-0.39, 0.29) is 0 Å². The van der Waals surface area contributed by atoms with Gasteiger partial charge in [0.25, 0.3) is 0 Å². The van der Waals surface area contributed by atoms with Gasteiger partial charge in [-0.3, -0.25) is 0 Å². The van der Waals surface area contributed by atoms with Crippen LogP contribution >= 0.6 is 22.7 Å². The second-order valence-electron chi connectivity index (χ2n) is 4.85. The Kier molecular flexibility index (Phi) is 4.15. The van der Waals surface area contributed by atoms with Crippen molar-refractivity contribution in [3.8, 4) is 0 Å². The number of fused-ring (bicyclic) bond motifs is 1. The SMILES string of the molecule is CCNC(Cc1ccc(C)s1)c1nc2ccccc2s1. The smallest absolute Gasteiger partial charge is 0.111 e. The summed E-state index contributed by atoms with van der Waals surface area (Å²) in [6.45, 7) is 5.28. The van der Waals surface area contributed by atoms with E-state index in [9.17, 15) is 0 Å². The average molecular weight is 302 g/mol. The Morgan fingerprint density at radius 2 is 2.00 bits per heavy atom. The third-order valence-electron chi connectivity index (χ3n) is 3.26. The van der Waals surface area contributed by atoms with Crippen LogP contribution < -0.4 is 5.32 Å². The molecule has 0 aliphatic rings. The fraction of sp³-hybridized carbons (Fsp3) is 0.312. The Morgan fingerprint density at radius 1 is 1.15 bits per heavy atom. The molecule has 2 aromatic heterocycles. The highest BCUT2D eigenvalue weighted by Crippen LogP contribution is 2.29. The van der Waals surface area contributed by atoms with Gasteiger partial charge < -0.3 is 5.32 Å². The van der Waals surface area contributed by atoms with E-state index >= 15 is 0 Å². The summed E-state index contributed by atoms with van der Waals surface area (Å²) in [5, 5.41) is 4.77. The molecule has 2 nitrogen and oxygen atoms in total. The van der Waals surface area contributed by atoms with E-state index in [1.165, 1.54) is 19.5 Å². The van der Waals surface area contributed by atoms with Crippen molar-refractivity contribution in [1.82, 2.24) is 10.3 Å². The predicted octanol–water partition coefficient (Wildman–Crippen LogP) is 4.56. The Hall–Kier alpha value is -1.23. The molecule has 3 rings (SSSR count). The maximum Gasteiger partial charge on any atom is 0.111 e. The molecule has 0 saturated heterocycles. The van der Waals surface area contributed by atoms with Crippen molar-refractivity contribution < 1.29 is 0 Å². The monoisotopic (exact) mass is 302 g/mol. The van der Waals surface area contributed by atoms with Crippen molar-refractivity contribution in [2.45, 2.75) is 26.3 Å². The van der Waals surface area contributed by atoms with Crippen molar-refractivity contribution in [2.75, 3.05) is 6.54 Å². The van der Waals surface area contributed by atoms with Gasteiger partial charge in [-0.25, -0.2) is 4.98 Å². The molecule has 0 amide bonds. The molecule has 20 heavy (non-hydrogen) atoms. The molecule has 104 valence electrons. The van der Waals surface area contributed by atoms with E-state index in [2.05, 4.69) is 55.6 Å². The lowest BCUT2D eigenvalue weighted by atomic mass is 10.2. The molecular formula is C16H18N2S2. The molecule has 1 N–H and O–H groups in total. The second kappa shape index (κ2) is 6.04. The number of aromatic nitrogens is 1. The van der Waals surface area contributed by atoms with Crippen LogP contribution in [0.25, 0.3) is 10.2 Å². The molecule has 0 radical (unpaired) electrons. The third kappa shape index (κ3) is 2.92. The first-order chi connectivity index (χ1) is 9.76. The molecule has 0 fully saturated rings. The van der Waals surface area contributed by atoms with Crippen LogP contribution in [0.3, 0.4) is 0 Å². The lowest BCUT2D eigenvalue weighted by Gasteiger charge is -2.14. The number of nitrogens with zero attached hydrogens (tertiary/aromatic N) is 1. The van der Waals surface area contributed by atoms with Crippen LogP contribution in [-0.2, 0) is 6.42 Å². The maximum absolute atomic E-state index is 4.80. The number of benzene rings is 1. The zero-order valence-electron chi connectivity index (χ0n) is 11.7. The van der Waals surface area contributed by atoms with Gasteiger partial charge >= 0.3 is 0 Å². The van der Waals surface area contributed by atoms with E-state index in [0.717, 1.165) is 18.5 Å². The standard InChI is InChI=1S/C16H18N2S2/c1-3-17-14(10-12-9-8-11(2)19-12)16-18-13-6-4-5-7-15(13)20-16/h4-9,14,17H,3,10H2,1-2H3. The number of thiophene rings is 1. The fourth-order valence-electron chi connectivity index (χ4n) is 2.33. The van der Waals surface area contributed by atoms with E-state index < -0.39 is 0 Å². The summed E-state index contributed by atoms with van der Waals surface area (Å²) in [4.78, 5) is 7.59. The minimum atomic E-state index is 0.315. The lowest BCUT2D eigenvalue weighted by molar-refractivity contribution is 0.551. The van der Waals surface area contributed by atoms with Gasteiger partial charge in [-0.05, 0) is 37.7 Å². The topological polar surface area (TPSA) is 24.9 Å². The maximum atomic E-state index is 4.80. The zero-order chi connectivity index (χ0) is 13.9. The molecule has 0 spiro atoms. The zero-order valence-corrected chi connectivity index (χ0v) is 13.4. The van der Waals surface area contributed by atoms with Crippen LogP contribution in [0.5, 0.6) is 0 Å². The van der Waals surface area contributed by atoms with Crippen molar-refractivity contribution in [2.24, 2.45) is 0 Å². The molecular weight excluding hydrogens is 284 g/mol. The fourth-order valence-corrected chi connectivity index (χ4v) is 4.31. The first-order valence-corrected chi connectivity index (χ1v) is 8.53. The molecule has 0 aliphatic carbocycles. The highest BCUT2D eigenvalue weighted by Gasteiger charge is 2.16. The van der Waals surface area contributed by atoms with Crippen LogP contribution in [0.4, 0.5) is 0 Å². The summed E-state index contributed by atoms with van der Waals surface area (Å²) in [5.41, 5.74) is 1.11. The number of hydrogen-bond donors (Lipinski definition) is 1. The Balaban J connectivity index is 1.89. The van der Waals surface area contributed by atoms with Gasteiger partial charge in [-0.1, -0.05) is 19.1 Å². The minimum Gasteiger partial charge on any atom is -0.308 e. The van der Waals surface area contributed by atoms with Crippen LogP contribution in [0.2, 0.25) is 0 Å². The van der Waals surface area contributed by atoms with Crippen LogP contribution in [-0.4, -0.2) is 11.5 Å². The van der Waals surface area contributed by atoms with Gasteiger partial charge in [0, 0.05) is 16.2 Å². The van der Waals surface area contributed by atoms with Crippen molar-refractivity contribution >= 4 is 32.9 Å². The largest absolute Gasteiger partial charge is 0.308 e. The number of aryl methyl sites for hydroxylation is 1. The van der Waals surface area contributed by atoms with Crippen molar-refractivity contribution in [3.63, 3.8) is 0 Å². The molecule has 0 bridgehead atoms. The first-order valence-electron chi connectivity index (χ1n) is 6.90. The Bertz CT molecular complexity index is 666. The molecule has 1 atom stereocenters. The molecule has 0 saturated carbocycles. The van der Waals surface area contributed by atoms with Crippen LogP contribution in [0.15, 0.2) is 36.4 Å². The molecule has 0 aliphatic heterocycles. The summed E-state index contributed by atoms with van der Waals surface area (Å²) in [6.07, 6.45) is 1.02.